The maximum Gasteiger partial charge on any atom is 0.277 e. The summed E-state index contributed by atoms with van der Waals surface area (Å²) < 4.78 is 26.8. The summed E-state index contributed by atoms with van der Waals surface area (Å²) in [6.07, 6.45) is 0. The van der Waals surface area contributed by atoms with E-state index >= 15 is 0 Å². The third-order valence-electron chi connectivity index (χ3n) is 4.05. The molecule has 0 amide bonds. The molecule has 2 aliphatic heterocycles. The van der Waals surface area contributed by atoms with E-state index in [2.05, 4.69) is 10.2 Å². The zero-order valence-corrected chi connectivity index (χ0v) is 14.7. The topological polar surface area (TPSA) is 92.9 Å². The molecule has 8 nitrogen and oxygen atoms in total. The highest BCUT2D eigenvalue weighted by atomic mass is 32.2. The van der Waals surface area contributed by atoms with Crippen LogP contribution in [0.1, 0.15) is 10.4 Å². The minimum absolute atomic E-state index is 0.0684. The first kappa shape index (κ1) is 16.0. The number of ketones is 1. The number of fused-ring (bicyclic) bond motifs is 2. The van der Waals surface area contributed by atoms with Gasteiger partial charge in [-0.2, -0.15) is 0 Å². The molecule has 0 atom stereocenters. The van der Waals surface area contributed by atoms with Crippen LogP contribution in [0.5, 0.6) is 23.0 Å². The number of hydrogen-bond acceptors (Lipinski definition) is 9. The molecule has 5 rings (SSSR count). The van der Waals surface area contributed by atoms with Gasteiger partial charge < -0.3 is 23.4 Å². The van der Waals surface area contributed by atoms with Crippen LogP contribution in [0.15, 0.2) is 46.0 Å². The molecular weight excluding hydrogens is 372 g/mol. The third kappa shape index (κ3) is 3.06. The number of ether oxygens (including phenoxy) is 4. The van der Waals surface area contributed by atoms with E-state index in [-0.39, 0.29) is 25.1 Å². The third-order valence-corrected chi connectivity index (χ3v) is 4.87. The molecule has 27 heavy (non-hydrogen) atoms. The van der Waals surface area contributed by atoms with Crippen LogP contribution in [0.25, 0.3) is 11.5 Å². The average molecular weight is 384 g/mol. The number of Topliss-reactive ketones (excluding diaryl/α,β-unsaturated/α-hetero) is 1. The van der Waals surface area contributed by atoms with Gasteiger partial charge in [-0.3, -0.25) is 4.79 Å². The Kier molecular flexibility index (Phi) is 3.86. The quantitative estimate of drug-likeness (QED) is 0.486. The highest BCUT2D eigenvalue weighted by molar-refractivity contribution is 7.99. The lowest BCUT2D eigenvalue weighted by atomic mass is 10.1. The fourth-order valence-electron chi connectivity index (χ4n) is 2.69. The zero-order valence-electron chi connectivity index (χ0n) is 13.8. The molecule has 2 aliphatic rings. The lowest BCUT2D eigenvalue weighted by Gasteiger charge is -2.01. The van der Waals surface area contributed by atoms with Gasteiger partial charge in [-0.15, -0.1) is 10.2 Å². The van der Waals surface area contributed by atoms with Crippen molar-refractivity contribution in [3.8, 4) is 34.5 Å². The van der Waals surface area contributed by atoms with Gasteiger partial charge in [0.25, 0.3) is 5.22 Å². The molecule has 1 aromatic heterocycles. The Hall–Kier alpha value is -3.20. The van der Waals surface area contributed by atoms with Crippen LogP contribution in [-0.2, 0) is 0 Å². The van der Waals surface area contributed by atoms with Gasteiger partial charge in [-0.05, 0) is 36.4 Å². The van der Waals surface area contributed by atoms with Gasteiger partial charge >= 0.3 is 0 Å². The van der Waals surface area contributed by atoms with Crippen molar-refractivity contribution in [2.75, 3.05) is 19.3 Å². The Morgan fingerprint density at radius 1 is 0.889 bits per heavy atom. The number of rotatable bonds is 5. The summed E-state index contributed by atoms with van der Waals surface area (Å²) in [6, 6.07) is 10.5. The van der Waals surface area contributed by atoms with Crippen molar-refractivity contribution in [2.45, 2.75) is 5.22 Å². The van der Waals surface area contributed by atoms with Gasteiger partial charge in [0.05, 0.1) is 5.75 Å². The normalized spacial score (nSPS) is 13.8. The van der Waals surface area contributed by atoms with E-state index in [0.29, 0.717) is 39.7 Å². The van der Waals surface area contributed by atoms with Crippen LogP contribution in [0.4, 0.5) is 0 Å². The summed E-state index contributed by atoms with van der Waals surface area (Å²) in [5.74, 6) is 2.99. The molecule has 0 spiro atoms. The SMILES string of the molecule is O=C(CSc1nnc(-c2ccc3c(c2)OCO3)o1)c1ccc2c(c1)OCO2. The summed E-state index contributed by atoms with van der Waals surface area (Å²) in [7, 11) is 0. The van der Waals surface area contributed by atoms with Crippen molar-refractivity contribution in [2.24, 2.45) is 0 Å². The molecule has 136 valence electrons. The summed E-state index contributed by atoms with van der Waals surface area (Å²) in [6.45, 7) is 0.373. The largest absolute Gasteiger partial charge is 0.454 e. The second kappa shape index (κ2) is 6.51. The van der Waals surface area contributed by atoms with Crippen molar-refractivity contribution in [1.29, 1.82) is 0 Å². The Balaban J connectivity index is 1.26. The molecule has 0 saturated heterocycles. The van der Waals surface area contributed by atoms with Gasteiger partial charge in [0.15, 0.2) is 28.8 Å². The summed E-state index contributed by atoms with van der Waals surface area (Å²) in [5, 5.41) is 8.33. The minimum atomic E-state index is -0.0684. The number of aromatic nitrogens is 2. The molecule has 0 radical (unpaired) electrons. The van der Waals surface area contributed by atoms with Crippen LogP contribution in [0.2, 0.25) is 0 Å². The molecule has 9 heteroatoms. The van der Waals surface area contributed by atoms with Crippen LogP contribution in [-0.4, -0.2) is 35.3 Å². The zero-order chi connectivity index (χ0) is 18.2. The molecule has 0 bridgehead atoms. The van der Waals surface area contributed by atoms with E-state index in [1.807, 2.05) is 6.07 Å². The van der Waals surface area contributed by atoms with E-state index in [1.54, 1.807) is 30.3 Å². The van der Waals surface area contributed by atoms with Crippen LogP contribution in [0, 0.1) is 0 Å². The summed E-state index contributed by atoms with van der Waals surface area (Å²) in [4.78, 5) is 12.4. The summed E-state index contributed by atoms with van der Waals surface area (Å²) >= 11 is 1.18. The first-order valence-electron chi connectivity index (χ1n) is 8.05. The first-order valence-corrected chi connectivity index (χ1v) is 9.04. The van der Waals surface area contributed by atoms with Crippen molar-refractivity contribution >= 4 is 17.5 Å². The Morgan fingerprint density at radius 2 is 1.59 bits per heavy atom. The molecule has 0 fully saturated rings. The molecule has 0 unspecified atom stereocenters. The summed E-state index contributed by atoms with van der Waals surface area (Å²) in [5.41, 5.74) is 1.27. The van der Waals surface area contributed by atoms with Crippen molar-refractivity contribution in [3.05, 3.63) is 42.0 Å². The predicted molar refractivity (Wildman–Crippen MR) is 93.5 cm³/mol. The molecule has 3 aromatic rings. The Bertz CT molecular complexity index is 1030. The van der Waals surface area contributed by atoms with Gasteiger partial charge in [0.2, 0.25) is 19.5 Å². The number of carbonyl (C=O) groups excluding carboxylic acids is 1. The van der Waals surface area contributed by atoms with E-state index < -0.39 is 0 Å². The van der Waals surface area contributed by atoms with E-state index in [1.165, 1.54) is 11.8 Å². The fraction of sp³-hybridized carbons (Fsp3) is 0.167. The standard InChI is InChI=1S/C18H12N2O6S/c21-12(10-1-3-13-15(5-10)24-8-22-13)7-27-18-20-19-17(26-18)11-2-4-14-16(6-11)25-9-23-14/h1-6H,7-9H2. The molecular formula is C18H12N2O6S. The number of carbonyl (C=O) groups is 1. The monoisotopic (exact) mass is 384 g/mol. The van der Waals surface area contributed by atoms with Gasteiger partial charge in [-0.25, -0.2) is 0 Å². The van der Waals surface area contributed by atoms with E-state index in [0.717, 1.165) is 5.56 Å². The second-order valence-corrected chi connectivity index (χ2v) is 6.65. The molecule has 3 heterocycles. The molecule has 0 saturated carbocycles. The van der Waals surface area contributed by atoms with Crippen LogP contribution < -0.4 is 18.9 Å². The van der Waals surface area contributed by atoms with Crippen LogP contribution in [0.3, 0.4) is 0 Å². The number of nitrogens with zero attached hydrogens (tertiary/aromatic N) is 2. The Labute approximate surface area is 157 Å². The van der Waals surface area contributed by atoms with Gasteiger partial charge in [-0.1, -0.05) is 11.8 Å². The molecule has 0 aliphatic carbocycles. The number of thioether (sulfide) groups is 1. The van der Waals surface area contributed by atoms with Gasteiger partial charge in [0, 0.05) is 11.1 Å². The minimum Gasteiger partial charge on any atom is -0.454 e. The predicted octanol–water partition coefficient (Wildman–Crippen LogP) is 3.17. The van der Waals surface area contributed by atoms with Crippen molar-refractivity contribution in [1.82, 2.24) is 10.2 Å². The first-order chi connectivity index (χ1) is 13.3. The highest BCUT2D eigenvalue weighted by Crippen LogP contribution is 2.36. The lowest BCUT2D eigenvalue weighted by Crippen LogP contribution is -2.02. The smallest absolute Gasteiger partial charge is 0.277 e. The molecule has 0 N–H and O–H groups in total. The fourth-order valence-corrected chi connectivity index (χ4v) is 3.35. The maximum absolute atomic E-state index is 12.4. The number of hydrogen-bond donors (Lipinski definition) is 0. The van der Waals surface area contributed by atoms with E-state index in [4.69, 9.17) is 23.4 Å². The molecule has 2 aromatic carbocycles. The second-order valence-electron chi connectivity index (χ2n) is 5.72. The van der Waals surface area contributed by atoms with Crippen LogP contribution >= 0.6 is 11.8 Å². The highest BCUT2D eigenvalue weighted by Gasteiger charge is 2.19. The van der Waals surface area contributed by atoms with Gasteiger partial charge in [0.1, 0.15) is 0 Å². The number of benzene rings is 2. The maximum atomic E-state index is 12.4. The van der Waals surface area contributed by atoms with E-state index in [9.17, 15) is 4.79 Å². The lowest BCUT2D eigenvalue weighted by molar-refractivity contribution is 0.102. The van der Waals surface area contributed by atoms with Crippen molar-refractivity contribution < 1.29 is 28.2 Å². The average Bonchev–Trinajstić information content (AvgIpc) is 3.44. The van der Waals surface area contributed by atoms with Crippen molar-refractivity contribution in [3.63, 3.8) is 0 Å². The Morgan fingerprint density at radius 3 is 2.41 bits per heavy atom.